The fraction of sp³-hybridized carbons (Fsp3) is 0.750. The van der Waals surface area contributed by atoms with E-state index in [-0.39, 0.29) is 18.4 Å². The van der Waals surface area contributed by atoms with Crippen LogP contribution in [0.25, 0.3) is 0 Å². The lowest BCUT2D eigenvalue weighted by Crippen LogP contribution is -2.13. The number of carbonyl (C=O) groups excluding carboxylic acids is 1. The van der Waals surface area contributed by atoms with Gasteiger partial charge in [-0.2, -0.15) is 0 Å². The lowest BCUT2D eigenvalue weighted by atomic mass is 9.88. The molecule has 0 saturated heterocycles. The molecule has 0 heterocycles. The molecule has 0 spiro atoms. The van der Waals surface area contributed by atoms with Gasteiger partial charge in [0.25, 0.3) is 0 Å². The molecule has 0 aliphatic heterocycles. The van der Waals surface area contributed by atoms with E-state index in [4.69, 9.17) is 15.9 Å². The van der Waals surface area contributed by atoms with Crippen LogP contribution in [0.2, 0.25) is 0 Å². The highest BCUT2D eigenvalue weighted by atomic mass is 16.4. The average molecular weight is 408 g/mol. The number of carbonyl (C=O) groups is 2. The van der Waals surface area contributed by atoms with E-state index < -0.39 is 5.97 Å². The van der Waals surface area contributed by atoms with Crippen molar-refractivity contribution in [3.63, 3.8) is 0 Å². The molecule has 1 aliphatic rings. The average Bonchev–Trinajstić information content (AvgIpc) is 3.17. The Morgan fingerprint density at radius 3 is 2.59 bits per heavy atom. The molecule has 5 heteroatoms. The van der Waals surface area contributed by atoms with Gasteiger partial charge in [-0.15, -0.1) is 0 Å². The Balaban J connectivity index is 2.07. The van der Waals surface area contributed by atoms with Gasteiger partial charge in [0.1, 0.15) is 6.29 Å². The summed E-state index contributed by atoms with van der Waals surface area (Å²) in [7, 11) is 0. The summed E-state index contributed by atoms with van der Waals surface area (Å²) in [6.45, 7) is 0.747. The number of hydrogen-bond donors (Lipinski definition) is 3. The third-order valence-electron chi connectivity index (χ3n) is 5.99. The first kappa shape index (κ1) is 25.6. The number of carboxylic acid groups (broad SMARTS) is 1. The molecule has 0 fully saturated rings. The first-order chi connectivity index (χ1) is 14.1. The first-order valence-corrected chi connectivity index (χ1v) is 11.5. The molecule has 0 aromatic rings. The fourth-order valence-corrected chi connectivity index (χ4v) is 4.17. The molecule has 4 N–H and O–H groups in total. The van der Waals surface area contributed by atoms with Gasteiger partial charge in [0, 0.05) is 12.5 Å². The van der Waals surface area contributed by atoms with Crippen molar-refractivity contribution in [2.75, 3.05) is 13.2 Å². The molecule has 1 rings (SSSR count). The van der Waals surface area contributed by atoms with Gasteiger partial charge in [-0.3, -0.25) is 4.79 Å². The largest absolute Gasteiger partial charge is 0.481 e. The van der Waals surface area contributed by atoms with E-state index >= 15 is 0 Å². The summed E-state index contributed by atoms with van der Waals surface area (Å²) in [5.74, 6) is -0.571. The number of allylic oxidation sites excluding steroid dienone is 3. The maximum Gasteiger partial charge on any atom is 0.306 e. The number of unbranched alkanes of at least 4 members (excludes halogenated alkanes) is 5. The van der Waals surface area contributed by atoms with Gasteiger partial charge >= 0.3 is 5.97 Å². The number of hydrogen-bond acceptors (Lipinski definition) is 4. The van der Waals surface area contributed by atoms with Gasteiger partial charge < -0.3 is 20.7 Å². The van der Waals surface area contributed by atoms with Gasteiger partial charge in [0.2, 0.25) is 0 Å². The second-order valence-corrected chi connectivity index (χ2v) is 8.32. The number of aliphatic hydroxyl groups excluding tert-OH is 1. The van der Waals surface area contributed by atoms with Crippen molar-refractivity contribution in [2.24, 2.45) is 23.5 Å². The van der Waals surface area contributed by atoms with E-state index in [1.54, 1.807) is 0 Å². The van der Waals surface area contributed by atoms with Crippen molar-refractivity contribution < 1.29 is 19.8 Å². The van der Waals surface area contributed by atoms with Crippen LogP contribution < -0.4 is 5.73 Å². The minimum absolute atomic E-state index is 0.0494. The minimum atomic E-state index is -0.777. The molecule has 0 bridgehead atoms. The third-order valence-corrected chi connectivity index (χ3v) is 5.99. The Morgan fingerprint density at radius 2 is 1.90 bits per heavy atom. The van der Waals surface area contributed by atoms with Crippen LogP contribution in [0.3, 0.4) is 0 Å². The van der Waals surface area contributed by atoms with Crippen LogP contribution in [0.4, 0.5) is 0 Å². The van der Waals surface area contributed by atoms with E-state index in [0.29, 0.717) is 31.7 Å². The molecule has 0 unspecified atom stereocenters. The number of carboxylic acids is 1. The molecule has 0 aromatic carbocycles. The standard InChI is InChI=1S/C24H41NO4/c25-16-15-20-13-14-22(18-20)23(19-27)11-8-6-4-2-1-3-5-7-10-21(24(28)29)12-9-17-26/h5,7,18-19,21-23,26H,1-4,6,8-17,25H2,(H,28,29)/b7-5+/t21-,22-,23+/m0/s1. The van der Waals surface area contributed by atoms with Crippen molar-refractivity contribution in [2.45, 2.75) is 83.5 Å². The van der Waals surface area contributed by atoms with Crippen LogP contribution in [0.5, 0.6) is 0 Å². The Hall–Kier alpha value is -1.46. The van der Waals surface area contributed by atoms with Gasteiger partial charge in [-0.25, -0.2) is 0 Å². The zero-order valence-corrected chi connectivity index (χ0v) is 17.9. The number of aliphatic carboxylic acids is 1. The van der Waals surface area contributed by atoms with Gasteiger partial charge in [0.05, 0.1) is 5.92 Å². The quantitative estimate of drug-likeness (QED) is 0.175. The molecule has 3 atom stereocenters. The summed E-state index contributed by atoms with van der Waals surface area (Å²) in [6, 6.07) is 0. The summed E-state index contributed by atoms with van der Waals surface area (Å²) in [5.41, 5.74) is 7.05. The van der Waals surface area contributed by atoms with Crippen molar-refractivity contribution in [1.82, 2.24) is 0 Å². The molecule has 0 radical (unpaired) electrons. The number of rotatable bonds is 18. The minimum Gasteiger partial charge on any atom is -0.481 e. The Labute approximate surface area is 176 Å². The monoisotopic (exact) mass is 407 g/mol. The van der Waals surface area contributed by atoms with E-state index in [2.05, 4.69) is 12.2 Å². The van der Waals surface area contributed by atoms with Crippen LogP contribution in [0.15, 0.2) is 23.8 Å². The second kappa shape index (κ2) is 16.3. The van der Waals surface area contributed by atoms with Gasteiger partial charge in [-0.1, -0.05) is 49.5 Å². The Bertz CT molecular complexity index is 515. The smallest absolute Gasteiger partial charge is 0.306 e. The fourth-order valence-electron chi connectivity index (χ4n) is 4.17. The van der Waals surface area contributed by atoms with E-state index in [1.165, 1.54) is 24.8 Å². The second-order valence-electron chi connectivity index (χ2n) is 8.32. The van der Waals surface area contributed by atoms with Gasteiger partial charge in [0.15, 0.2) is 0 Å². The van der Waals surface area contributed by atoms with E-state index in [1.807, 2.05) is 6.08 Å². The summed E-state index contributed by atoms with van der Waals surface area (Å²) >= 11 is 0. The lowest BCUT2D eigenvalue weighted by molar-refractivity contribution is -0.141. The van der Waals surface area contributed by atoms with Crippen molar-refractivity contribution in [3.8, 4) is 0 Å². The topological polar surface area (TPSA) is 101 Å². The zero-order valence-electron chi connectivity index (χ0n) is 17.9. The molecule has 0 saturated carbocycles. The SMILES string of the molecule is NCCC1=C[C@@H]([C@@H](C=O)CCCCCCC/C=C/C[C@@H](CCCO)C(=O)O)CC1. The molecule has 29 heavy (non-hydrogen) atoms. The molecule has 5 nitrogen and oxygen atoms in total. The molecule has 0 aromatic heterocycles. The van der Waals surface area contributed by atoms with E-state index in [9.17, 15) is 9.59 Å². The zero-order chi connectivity index (χ0) is 21.3. The normalized spacial score (nSPS) is 18.7. The van der Waals surface area contributed by atoms with Crippen LogP contribution in [-0.4, -0.2) is 35.6 Å². The highest BCUT2D eigenvalue weighted by Crippen LogP contribution is 2.33. The number of aldehydes is 1. The highest BCUT2D eigenvalue weighted by Gasteiger charge is 2.23. The Morgan fingerprint density at radius 1 is 1.14 bits per heavy atom. The summed E-state index contributed by atoms with van der Waals surface area (Å²) in [5, 5.41) is 18.0. The predicted octanol–water partition coefficient (Wildman–Crippen LogP) is 4.64. The van der Waals surface area contributed by atoms with Crippen molar-refractivity contribution >= 4 is 12.3 Å². The Kier molecular flexibility index (Phi) is 14.4. The maximum atomic E-state index is 11.5. The molecule has 1 aliphatic carbocycles. The summed E-state index contributed by atoms with van der Waals surface area (Å²) < 4.78 is 0. The predicted molar refractivity (Wildman–Crippen MR) is 118 cm³/mol. The van der Waals surface area contributed by atoms with E-state index in [0.717, 1.165) is 51.2 Å². The molecule has 166 valence electrons. The highest BCUT2D eigenvalue weighted by molar-refractivity contribution is 5.70. The summed E-state index contributed by atoms with van der Waals surface area (Å²) in [4.78, 5) is 22.6. The molecule has 0 amide bonds. The van der Waals surface area contributed by atoms with Gasteiger partial charge in [-0.05, 0) is 70.3 Å². The van der Waals surface area contributed by atoms with Crippen LogP contribution in [0, 0.1) is 17.8 Å². The lowest BCUT2D eigenvalue weighted by Gasteiger charge is -2.15. The van der Waals surface area contributed by atoms with Crippen LogP contribution >= 0.6 is 0 Å². The third kappa shape index (κ3) is 11.3. The molecular weight excluding hydrogens is 366 g/mol. The number of nitrogens with two attached hydrogens (primary N) is 1. The molecular formula is C24H41NO4. The van der Waals surface area contributed by atoms with Crippen LogP contribution in [-0.2, 0) is 9.59 Å². The van der Waals surface area contributed by atoms with Crippen LogP contribution in [0.1, 0.15) is 83.5 Å². The number of aliphatic hydroxyl groups is 1. The summed E-state index contributed by atoms with van der Waals surface area (Å²) in [6.07, 6.45) is 20.1. The first-order valence-electron chi connectivity index (χ1n) is 11.5. The van der Waals surface area contributed by atoms with Crippen molar-refractivity contribution in [1.29, 1.82) is 0 Å². The maximum absolute atomic E-state index is 11.5. The van der Waals surface area contributed by atoms with Crippen molar-refractivity contribution in [3.05, 3.63) is 23.8 Å².